The van der Waals surface area contributed by atoms with Crippen molar-refractivity contribution in [3.63, 3.8) is 0 Å². The van der Waals surface area contributed by atoms with Gasteiger partial charge in [-0.15, -0.1) is 0 Å². The molecule has 2 saturated carbocycles. The topological polar surface area (TPSA) is 87.7 Å². The van der Waals surface area contributed by atoms with Crippen LogP contribution in [0.5, 0.6) is 0 Å². The molecule has 2 N–H and O–H groups in total. The van der Waals surface area contributed by atoms with Crippen LogP contribution in [0.3, 0.4) is 0 Å². The lowest BCUT2D eigenvalue weighted by Crippen LogP contribution is -2.58. The maximum Gasteiger partial charge on any atom is 0.246 e. The second-order valence-corrected chi connectivity index (χ2v) is 11.8. The molecule has 0 radical (unpaired) electrons. The minimum atomic E-state index is -1.08. The standard InChI is InChI=1S/C29H37N3O4/c1-15-8-9-19(14-17(15)3)30-26(33)23-22-12-13-29(36-22)24(23)28(35)32(20-10-11-20)25(29)27(34)31-21-7-5-6-16(2)18(21)4/h8-9,12-14,16,18,20-25H,5-7,10-11H2,1-4H3,(H,30,33)(H,31,34)/t16?,18?,21?,22-,23?,24-,25?,29?/m0/s1. The first-order valence-corrected chi connectivity index (χ1v) is 13.6. The van der Waals surface area contributed by atoms with Crippen LogP contribution in [0.1, 0.15) is 57.1 Å². The van der Waals surface area contributed by atoms with Crippen molar-refractivity contribution in [3.05, 3.63) is 41.5 Å². The van der Waals surface area contributed by atoms with Crippen LogP contribution in [0.15, 0.2) is 30.4 Å². The van der Waals surface area contributed by atoms with Crippen LogP contribution in [0.25, 0.3) is 0 Å². The molecule has 3 heterocycles. The lowest BCUT2D eigenvalue weighted by molar-refractivity contribution is -0.142. The van der Waals surface area contributed by atoms with Gasteiger partial charge < -0.3 is 20.3 Å². The maximum atomic E-state index is 13.9. The first-order chi connectivity index (χ1) is 17.2. The van der Waals surface area contributed by atoms with Crippen molar-refractivity contribution in [2.45, 2.75) is 89.6 Å². The number of aryl methyl sites for hydroxylation is 2. The van der Waals surface area contributed by atoms with Gasteiger partial charge in [0.05, 0.1) is 17.9 Å². The molecule has 192 valence electrons. The van der Waals surface area contributed by atoms with Gasteiger partial charge in [0.25, 0.3) is 0 Å². The summed E-state index contributed by atoms with van der Waals surface area (Å²) in [6.07, 6.45) is 8.30. The van der Waals surface area contributed by atoms with Gasteiger partial charge in [0.2, 0.25) is 17.7 Å². The molecular weight excluding hydrogens is 454 g/mol. The van der Waals surface area contributed by atoms with E-state index in [1.165, 1.54) is 6.42 Å². The third-order valence-corrected chi connectivity index (χ3v) is 9.61. The van der Waals surface area contributed by atoms with Crippen LogP contribution in [0, 0.1) is 37.5 Å². The zero-order chi connectivity index (χ0) is 25.4. The van der Waals surface area contributed by atoms with E-state index in [0.29, 0.717) is 17.5 Å². The van der Waals surface area contributed by atoms with Crippen LogP contribution in [0.4, 0.5) is 5.69 Å². The average molecular weight is 492 g/mol. The van der Waals surface area contributed by atoms with E-state index < -0.39 is 29.6 Å². The van der Waals surface area contributed by atoms with Crippen LogP contribution in [-0.2, 0) is 19.1 Å². The number of nitrogens with zero attached hydrogens (tertiary/aromatic N) is 1. The molecule has 7 nitrogen and oxygen atoms in total. The predicted molar refractivity (Wildman–Crippen MR) is 136 cm³/mol. The van der Waals surface area contributed by atoms with Crippen molar-refractivity contribution in [2.75, 3.05) is 5.32 Å². The maximum absolute atomic E-state index is 13.9. The van der Waals surface area contributed by atoms with Gasteiger partial charge in [0.1, 0.15) is 11.6 Å². The third kappa shape index (κ3) is 3.53. The van der Waals surface area contributed by atoms with Crippen LogP contribution < -0.4 is 10.6 Å². The first-order valence-electron chi connectivity index (χ1n) is 13.6. The monoisotopic (exact) mass is 491 g/mol. The molecule has 3 aliphatic heterocycles. The molecule has 4 fully saturated rings. The number of carbonyl (C=O) groups is 3. The number of ether oxygens (including phenoxy) is 1. The normalized spacial score (nSPS) is 38.8. The summed E-state index contributed by atoms with van der Waals surface area (Å²) in [4.78, 5) is 43.1. The highest BCUT2D eigenvalue weighted by atomic mass is 16.5. The van der Waals surface area contributed by atoms with Crippen molar-refractivity contribution in [2.24, 2.45) is 23.7 Å². The molecule has 5 aliphatic rings. The van der Waals surface area contributed by atoms with Crippen molar-refractivity contribution in [1.82, 2.24) is 10.2 Å². The molecule has 7 heteroatoms. The Morgan fingerprint density at radius 1 is 1.06 bits per heavy atom. The Hall–Kier alpha value is -2.67. The predicted octanol–water partition coefficient (Wildman–Crippen LogP) is 3.50. The number of benzene rings is 1. The molecule has 3 amide bonds. The Morgan fingerprint density at radius 2 is 1.83 bits per heavy atom. The number of hydrogen-bond acceptors (Lipinski definition) is 4. The number of hydrogen-bond donors (Lipinski definition) is 2. The fourth-order valence-corrected chi connectivity index (χ4v) is 7.04. The van der Waals surface area contributed by atoms with Gasteiger partial charge in [-0.25, -0.2) is 0 Å². The number of rotatable bonds is 5. The summed E-state index contributed by atoms with van der Waals surface area (Å²) >= 11 is 0. The molecular formula is C29H37N3O4. The van der Waals surface area contributed by atoms with Crippen molar-refractivity contribution in [1.29, 1.82) is 0 Å². The van der Waals surface area contributed by atoms with E-state index in [0.717, 1.165) is 36.8 Å². The summed E-state index contributed by atoms with van der Waals surface area (Å²) in [6, 6.07) is 5.23. The summed E-state index contributed by atoms with van der Waals surface area (Å²) in [7, 11) is 0. The van der Waals surface area contributed by atoms with Crippen LogP contribution >= 0.6 is 0 Å². The highest BCUT2D eigenvalue weighted by Crippen LogP contribution is 2.57. The van der Waals surface area contributed by atoms with Gasteiger partial charge in [-0.1, -0.05) is 44.9 Å². The summed E-state index contributed by atoms with van der Waals surface area (Å²) in [5, 5.41) is 6.34. The molecule has 36 heavy (non-hydrogen) atoms. The fourth-order valence-electron chi connectivity index (χ4n) is 7.04. The van der Waals surface area contributed by atoms with E-state index in [-0.39, 0.29) is 29.8 Å². The van der Waals surface area contributed by atoms with Gasteiger partial charge in [-0.05, 0) is 68.2 Å². The smallest absolute Gasteiger partial charge is 0.246 e. The SMILES string of the molecule is Cc1ccc(NC(=O)C2[C@@H]3C=CC4(O3)C(C(=O)NC3CCCC(C)C3C)N(C3CC3)C(=O)[C@H]24)cc1C. The number of likely N-dealkylation sites (tertiary alicyclic amines) is 1. The number of amides is 3. The highest BCUT2D eigenvalue weighted by Gasteiger charge is 2.74. The Labute approximate surface area is 213 Å². The second kappa shape index (κ2) is 8.44. The van der Waals surface area contributed by atoms with Gasteiger partial charge in [0, 0.05) is 17.8 Å². The zero-order valence-corrected chi connectivity index (χ0v) is 21.6. The fraction of sp³-hybridized carbons (Fsp3) is 0.621. The third-order valence-electron chi connectivity index (χ3n) is 9.61. The molecule has 2 saturated heterocycles. The molecule has 6 rings (SSSR count). The van der Waals surface area contributed by atoms with Gasteiger partial charge in [-0.2, -0.15) is 0 Å². The molecule has 1 spiro atoms. The number of anilines is 1. The van der Waals surface area contributed by atoms with E-state index in [2.05, 4.69) is 24.5 Å². The summed E-state index contributed by atoms with van der Waals surface area (Å²) < 4.78 is 6.45. The van der Waals surface area contributed by atoms with E-state index >= 15 is 0 Å². The molecule has 6 unspecified atom stereocenters. The van der Waals surface area contributed by atoms with Gasteiger partial charge in [-0.3, -0.25) is 14.4 Å². The Morgan fingerprint density at radius 3 is 2.56 bits per heavy atom. The average Bonchev–Trinajstić information content (AvgIpc) is 3.43. The Bertz CT molecular complexity index is 1140. The van der Waals surface area contributed by atoms with Crippen molar-refractivity contribution < 1.29 is 19.1 Å². The molecule has 2 bridgehead atoms. The Balaban J connectivity index is 1.28. The highest BCUT2D eigenvalue weighted by molar-refractivity contribution is 6.03. The quantitative estimate of drug-likeness (QED) is 0.618. The molecule has 1 aromatic carbocycles. The van der Waals surface area contributed by atoms with E-state index in [4.69, 9.17) is 4.74 Å². The van der Waals surface area contributed by atoms with Crippen molar-refractivity contribution >= 4 is 23.4 Å². The lowest BCUT2D eigenvalue weighted by Gasteiger charge is -2.38. The molecule has 1 aromatic rings. The van der Waals surface area contributed by atoms with Crippen molar-refractivity contribution in [3.8, 4) is 0 Å². The summed E-state index contributed by atoms with van der Waals surface area (Å²) in [5.74, 6) is -0.875. The summed E-state index contributed by atoms with van der Waals surface area (Å²) in [6.45, 7) is 8.49. The number of fused-ring (bicyclic) bond motifs is 1. The summed E-state index contributed by atoms with van der Waals surface area (Å²) in [5.41, 5.74) is 1.87. The minimum Gasteiger partial charge on any atom is -0.359 e. The number of carbonyl (C=O) groups excluding carboxylic acids is 3. The number of nitrogens with one attached hydrogen (secondary N) is 2. The van der Waals surface area contributed by atoms with Crippen LogP contribution in [0.2, 0.25) is 0 Å². The molecule has 0 aromatic heterocycles. The Kier molecular flexibility index (Phi) is 5.56. The van der Waals surface area contributed by atoms with E-state index in [1.54, 1.807) is 4.90 Å². The van der Waals surface area contributed by atoms with Gasteiger partial charge in [0.15, 0.2) is 0 Å². The first kappa shape index (κ1) is 23.7. The van der Waals surface area contributed by atoms with Crippen LogP contribution in [-0.4, -0.2) is 52.5 Å². The second-order valence-electron chi connectivity index (χ2n) is 11.8. The van der Waals surface area contributed by atoms with Gasteiger partial charge >= 0.3 is 0 Å². The zero-order valence-electron chi connectivity index (χ0n) is 21.6. The van der Waals surface area contributed by atoms with E-state index in [1.807, 2.05) is 44.2 Å². The molecule has 2 aliphatic carbocycles. The lowest BCUT2D eigenvalue weighted by atomic mass is 9.73. The minimum absolute atomic E-state index is 0.0513. The molecule has 8 atom stereocenters. The van der Waals surface area contributed by atoms with E-state index in [9.17, 15) is 14.4 Å². The largest absolute Gasteiger partial charge is 0.359 e.